The number of benzene rings is 2. The van der Waals surface area contributed by atoms with Crippen LogP contribution in [0, 0.1) is 0 Å². The lowest BCUT2D eigenvalue weighted by Crippen LogP contribution is -2.22. The summed E-state index contributed by atoms with van der Waals surface area (Å²) in [5.41, 5.74) is 1.46. The van der Waals surface area contributed by atoms with Crippen molar-refractivity contribution >= 4 is 18.4 Å². The van der Waals surface area contributed by atoms with Crippen LogP contribution >= 0.6 is 7.37 Å². The quantitative estimate of drug-likeness (QED) is 0.608. The van der Waals surface area contributed by atoms with Crippen molar-refractivity contribution in [3.63, 3.8) is 0 Å². The first-order valence-corrected chi connectivity index (χ1v) is 12.0. The second kappa shape index (κ2) is 9.86. The number of methoxy groups -OCH3 is 2. The topological polar surface area (TPSA) is 68.2 Å². The monoisotopic (exact) mass is 433 g/mol. The third-order valence-electron chi connectivity index (χ3n) is 5.61. The molecular formula is C23H32NO5P. The molecule has 7 heteroatoms. The molecule has 2 atom stereocenters. The Morgan fingerprint density at radius 1 is 0.967 bits per heavy atom. The third-order valence-corrected chi connectivity index (χ3v) is 8.18. The zero-order valence-corrected chi connectivity index (χ0v) is 19.1. The number of hydrogen-bond donors (Lipinski definition) is 1. The Morgan fingerprint density at radius 3 is 2.17 bits per heavy atom. The van der Waals surface area contributed by atoms with Gasteiger partial charge in [0.05, 0.1) is 20.3 Å². The van der Waals surface area contributed by atoms with Gasteiger partial charge in [-0.1, -0.05) is 25.3 Å². The molecule has 1 N–H and O–H groups in total. The van der Waals surface area contributed by atoms with E-state index < -0.39 is 13.2 Å². The maximum Gasteiger partial charge on any atom is 0.264 e. The number of rotatable bonds is 8. The molecule has 6 nitrogen and oxygen atoms in total. The average molecular weight is 433 g/mol. The SMILES string of the molecule is COc1ccc([C@H](O)[P@](=O)(OC2CCCCC2)c2ccc(N(C)C)cc2)cc1OC. The summed E-state index contributed by atoms with van der Waals surface area (Å²) in [6.07, 6.45) is 4.87. The van der Waals surface area contributed by atoms with Crippen LogP contribution in [-0.2, 0) is 9.09 Å². The van der Waals surface area contributed by atoms with Crippen LogP contribution in [0.4, 0.5) is 5.69 Å². The van der Waals surface area contributed by atoms with E-state index in [4.69, 9.17) is 14.0 Å². The van der Waals surface area contributed by atoms with Gasteiger partial charge in [0.1, 0.15) is 0 Å². The van der Waals surface area contributed by atoms with E-state index in [0.717, 1.165) is 31.4 Å². The minimum Gasteiger partial charge on any atom is -0.493 e. The average Bonchev–Trinajstić information content (AvgIpc) is 2.78. The molecule has 0 saturated heterocycles. The van der Waals surface area contributed by atoms with E-state index >= 15 is 0 Å². The Labute approximate surface area is 179 Å². The zero-order valence-electron chi connectivity index (χ0n) is 18.2. The summed E-state index contributed by atoms with van der Waals surface area (Å²) < 4.78 is 31.1. The van der Waals surface area contributed by atoms with Gasteiger partial charge in [0, 0.05) is 25.1 Å². The first-order valence-electron chi connectivity index (χ1n) is 10.3. The van der Waals surface area contributed by atoms with E-state index in [0.29, 0.717) is 22.4 Å². The van der Waals surface area contributed by atoms with Crippen molar-refractivity contribution in [2.75, 3.05) is 33.2 Å². The number of aliphatic hydroxyl groups excluding tert-OH is 1. The second-order valence-electron chi connectivity index (χ2n) is 7.86. The number of aliphatic hydroxyl groups is 1. The van der Waals surface area contributed by atoms with E-state index in [2.05, 4.69) is 0 Å². The van der Waals surface area contributed by atoms with Crippen LogP contribution in [0.15, 0.2) is 42.5 Å². The fraction of sp³-hybridized carbons (Fsp3) is 0.478. The predicted octanol–water partition coefficient (Wildman–Crippen LogP) is 4.71. The molecule has 1 fully saturated rings. The fourth-order valence-electron chi connectivity index (χ4n) is 3.82. The summed E-state index contributed by atoms with van der Waals surface area (Å²) in [6, 6.07) is 12.5. The molecule has 2 aromatic rings. The van der Waals surface area contributed by atoms with Crippen molar-refractivity contribution in [3.05, 3.63) is 48.0 Å². The van der Waals surface area contributed by atoms with Crippen LogP contribution in [0.2, 0.25) is 0 Å². The van der Waals surface area contributed by atoms with E-state index in [-0.39, 0.29) is 6.10 Å². The van der Waals surface area contributed by atoms with Gasteiger partial charge < -0.3 is 24.0 Å². The van der Waals surface area contributed by atoms with Gasteiger partial charge in [-0.25, -0.2) is 0 Å². The largest absolute Gasteiger partial charge is 0.493 e. The number of ether oxygens (including phenoxy) is 2. The molecule has 3 rings (SSSR count). The summed E-state index contributed by atoms with van der Waals surface area (Å²) in [6.45, 7) is 0. The Hall–Kier alpha value is -2.01. The minimum absolute atomic E-state index is 0.118. The molecule has 0 aromatic heterocycles. The normalized spacial score (nSPS) is 17.8. The summed E-state index contributed by atoms with van der Waals surface area (Å²) in [4.78, 5) is 1.97. The summed E-state index contributed by atoms with van der Waals surface area (Å²) >= 11 is 0. The van der Waals surface area contributed by atoms with Gasteiger partial charge in [-0.05, 0) is 54.8 Å². The molecule has 0 spiro atoms. The summed E-state index contributed by atoms with van der Waals surface area (Å²) in [5, 5.41) is 11.8. The molecule has 1 aliphatic rings. The van der Waals surface area contributed by atoms with Gasteiger partial charge in [0.25, 0.3) is 7.37 Å². The Kier molecular flexibility index (Phi) is 7.45. The second-order valence-corrected chi connectivity index (χ2v) is 10.3. The first-order chi connectivity index (χ1) is 14.4. The molecule has 2 aromatic carbocycles. The maximum atomic E-state index is 14.3. The van der Waals surface area contributed by atoms with Gasteiger partial charge in [0.2, 0.25) is 0 Å². The highest BCUT2D eigenvalue weighted by molar-refractivity contribution is 7.67. The van der Waals surface area contributed by atoms with Crippen molar-refractivity contribution in [2.45, 2.75) is 44.1 Å². The molecule has 0 amide bonds. The fourth-order valence-corrected chi connectivity index (χ4v) is 6.11. The number of hydrogen-bond acceptors (Lipinski definition) is 6. The van der Waals surface area contributed by atoms with Crippen LogP contribution in [0.25, 0.3) is 0 Å². The lowest BCUT2D eigenvalue weighted by molar-refractivity contribution is 0.137. The van der Waals surface area contributed by atoms with Gasteiger partial charge in [-0.3, -0.25) is 4.57 Å². The first kappa shape index (κ1) is 22.7. The smallest absolute Gasteiger partial charge is 0.264 e. The van der Waals surface area contributed by atoms with Gasteiger partial charge in [-0.15, -0.1) is 0 Å². The van der Waals surface area contributed by atoms with Crippen molar-refractivity contribution in [1.82, 2.24) is 0 Å². The molecule has 0 radical (unpaired) electrons. The molecule has 1 aliphatic carbocycles. The Morgan fingerprint density at radius 2 is 1.60 bits per heavy atom. The van der Waals surface area contributed by atoms with E-state index in [1.165, 1.54) is 13.5 Å². The van der Waals surface area contributed by atoms with E-state index in [1.54, 1.807) is 37.4 Å². The zero-order chi connectivity index (χ0) is 21.7. The van der Waals surface area contributed by atoms with Crippen LogP contribution in [0.5, 0.6) is 11.5 Å². The van der Waals surface area contributed by atoms with Crippen LogP contribution in [0.3, 0.4) is 0 Å². The molecule has 1 saturated carbocycles. The van der Waals surface area contributed by atoms with E-state index in [1.807, 2.05) is 31.1 Å². The highest BCUT2D eigenvalue weighted by Crippen LogP contribution is 2.60. The molecule has 0 bridgehead atoms. The molecule has 164 valence electrons. The number of anilines is 1. The standard InChI is InChI=1S/C23H32NO5P/c1-24(2)18-11-13-20(14-12-18)30(26,29-19-8-6-5-7-9-19)23(25)17-10-15-21(27-3)22(16-17)28-4/h10-16,19,23,25H,5-9H2,1-4H3/t23-,30-/m1/s1. The van der Waals surface area contributed by atoms with Gasteiger partial charge >= 0.3 is 0 Å². The van der Waals surface area contributed by atoms with Crippen molar-refractivity contribution in [2.24, 2.45) is 0 Å². The molecule has 0 heterocycles. The molecule has 0 aliphatic heterocycles. The number of nitrogens with zero attached hydrogens (tertiary/aromatic N) is 1. The summed E-state index contributed by atoms with van der Waals surface area (Å²) in [7, 11) is 3.37. The van der Waals surface area contributed by atoms with Crippen molar-refractivity contribution in [3.8, 4) is 11.5 Å². The van der Waals surface area contributed by atoms with Gasteiger partial charge in [0.15, 0.2) is 17.3 Å². The summed E-state index contributed by atoms with van der Waals surface area (Å²) in [5.74, 6) is -0.280. The Balaban J connectivity index is 2.00. The lowest BCUT2D eigenvalue weighted by Gasteiger charge is -2.31. The molecular weight excluding hydrogens is 401 g/mol. The minimum atomic E-state index is -3.62. The van der Waals surface area contributed by atoms with Crippen molar-refractivity contribution in [1.29, 1.82) is 0 Å². The third kappa shape index (κ3) is 4.83. The van der Waals surface area contributed by atoms with E-state index in [9.17, 15) is 9.67 Å². The van der Waals surface area contributed by atoms with Crippen molar-refractivity contribution < 1.29 is 23.7 Å². The van der Waals surface area contributed by atoms with Crippen LogP contribution in [0.1, 0.15) is 43.5 Å². The maximum absolute atomic E-state index is 14.3. The molecule has 0 unspecified atom stereocenters. The lowest BCUT2D eigenvalue weighted by atomic mass is 9.98. The highest BCUT2D eigenvalue weighted by atomic mass is 31.2. The highest BCUT2D eigenvalue weighted by Gasteiger charge is 2.39. The van der Waals surface area contributed by atoms with Gasteiger partial charge in [-0.2, -0.15) is 0 Å². The molecule has 30 heavy (non-hydrogen) atoms. The van der Waals surface area contributed by atoms with Crippen LogP contribution in [-0.4, -0.2) is 39.5 Å². The Bertz CT molecular complexity index is 878. The predicted molar refractivity (Wildman–Crippen MR) is 120 cm³/mol. The van der Waals surface area contributed by atoms with Crippen LogP contribution < -0.4 is 19.7 Å².